The number of carbonyl (C=O) groups excluding carboxylic acids is 2. The molecule has 0 saturated carbocycles. The van der Waals surface area contributed by atoms with Crippen molar-refractivity contribution < 1.29 is 14.3 Å². The summed E-state index contributed by atoms with van der Waals surface area (Å²) in [5.74, 6) is -0.336. The fourth-order valence-corrected chi connectivity index (χ4v) is 3.05. The van der Waals surface area contributed by atoms with Crippen molar-refractivity contribution in [3.05, 3.63) is 64.1 Å². The molecule has 1 aliphatic rings. The highest BCUT2D eigenvalue weighted by molar-refractivity contribution is 9.10. The zero-order valence-corrected chi connectivity index (χ0v) is 15.2. The van der Waals surface area contributed by atoms with Crippen LogP contribution < -0.4 is 10.6 Å². The van der Waals surface area contributed by atoms with Crippen LogP contribution in [0.2, 0.25) is 0 Å². The Morgan fingerprint density at radius 2 is 1.88 bits per heavy atom. The van der Waals surface area contributed by atoms with Crippen molar-refractivity contribution in [2.75, 3.05) is 18.5 Å². The van der Waals surface area contributed by atoms with Gasteiger partial charge in [-0.15, -0.1) is 0 Å². The molecule has 25 heavy (non-hydrogen) atoms. The summed E-state index contributed by atoms with van der Waals surface area (Å²) in [5, 5.41) is 5.69. The van der Waals surface area contributed by atoms with Gasteiger partial charge in [0.15, 0.2) is 0 Å². The summed E-state index contributed by atoms with van der Waals surface area (Å²) in [6, 6.07) is 14.0. The summed E-state index contributed by atoms with van der Waals surface area (Å²) >= 11 is 3.35. The first-order chi connectivity index (χ1) is 12.1. The number of hydrogen-bond donors (Lipinski definition) is 2. The molecule has 0 aromatic heterocycles. The third-order valence-electron chi connectivity index (χ3n) is 4.01. The summed E-state index contributed by atoms with van der Waals surface area (Å²) in [4.78, 5) is 24.3. The third-order valence-corrected chi connectivity index (χ3v) is 4.50. The molecular weight excluding hydrogens is 384 g/mol. The van der Waals surface area contributed by atoms with E-state index in [1.165, 1.54) is 0 Å². The number of halogens is 1. The minimum Gasteiger partial charge on any atom is -0.376 e. The quantitative estimate of drug-likeness (QED) is 0.802. The van der Waals surface area contributed by atoms with Crippen molar-refractivity contribution in [2.45, 2.75) is 18.9 Å². The molecule has 2 amide bonds. The topological polar surface area (TPSA) is 67.4 Å². The molecule has 2 aromatic carbocycles. The van der Waals surface area contributed by atoms with Gasteiger partial charge < -0.3 is 15.4 Å². The van der Waals surface area contributed by atoms with Gasteiger partial charge in [-0.3, -0.25) is 9.59 Å². The van der Waals surface area contributed by atoms with Gasteiger partial charge in [-0.1, -0.05) is 22.0 Å². The lowest BCUT2D eigenvalue weighted by molar-refractivity contribution is 0.0857. The molecule has 1 heterocycles. The number of benzene rings is 2. The van der Waals surface area contributed by atoms with E-state index in [-0.39, 0.29) is 17.9 Å². The highest BCUT2D eigenvalue weighted by Crippen LogP contribution is 2.15. The van der Waals surface area contributed by atoms with E-state index >= 15 is 0 Å². The van der Waals surface area contributed by atoms with Crippen LogP contribution >= 0.6 is 15.9 Å². The van der Waals surface area contributed by atoms with Gasteiger partial charge in [0.2, 0.25) is 0 Å². The van der Waals surface area contributed by atoms with E-state index in [4.69, 9.17) is 4.74 Å². The summed E-state index contributed by atoms with van der Waals surface area (Å²) in [7, 11) is 0. The first kappa shape index (κ1) is 17.6. The Morgan fingerprint density at radius 1 is 1.08 bits per heavy atom. The molecule has 1 saturated heterocycles. The molecule has 0 aliphatic carbocycles. The van der Waals surface area contributed by atoms with Gasteiger partial charge in [0.05, 0.1) is 6.10 Å². The minimum atomic E-state index is -0.197. The normalized spacial score (nSPS) is 16.4. The second-order valence-electron chi connectivity index (χ2n) is 5.89. The van der Waals surface area contributed by atoms with Gasteiger partial charge in [0.1, 0.15) is 0 Å². The van der Waals surface area contributed by atoms with Crippen LogP contribution in [0.15, 0.2) is 53.0 Å². The third kappa shape index (κ3) is 4.90. The summed E-state index contributed by atoms with van der Waals surface area (Å²) in [6.07, 6.45) is 2.15. The fourth-order valence-electron chi connectivity index (χ4n) is 2.65. The van der Waals surface area contributed by atoms with Crippen molar-refractivity contribution in [1.29, 1.82) is 0 Å². The second kappa shape index (κ2) is 8.27. The number of amides is 2. The average molecular weight is 403 g/mol. The van der Waals surface area contributed by atoms with Gasteiger partial charge in [-0.25, -0.2) is 0 Å². The zero-order valence-electron chi connectivity index (χ0n) is 13.6. The number of nitrogens with one attached hydrogen (secondary N) is 2. The van der Waals surface area contributed by atoms with Crippen LogP contribution in [0, 0.1) is 0 Å². The highest BCUT2D eigenvalue weighted by atomic mass is 79.9. The van der Waals surface area contributed by atoms with Crippen molar-refractivity contribution in [3.63, 3.8) is 0 Å². The van der Waals surface area contributed by atoms with E-state index < -0.39 is 0 Å². The van der Waals surface area contributed by atoms with Gasteiger partial charge in [-0.2, -0.15) is 0 Å². The van der Waals surface area contributed by atoms with Crippen molar-refractivity contribution in [2.24, 2.45) is 0 Å². The lowest BCUT2D eigenvalue weighted by Gasteiger charge is -2.11. The van der Waals surface area contributed by atoms with Gasteiger partial charge in [-0.05, 0) is 55.3 Å². The zero-order chi connectivity index (χ0) is 17.6. The number of rotatable bonds is 5. The summed E-state index contributed by atoms with van der Waals surface area (Å²) in [5.41, 5.74) is 1.76. The summed E-state index contributed by atoms with van der Waals surface area (Å²) < 4.78 is 6.33. The van der Waals surface area contributed by atoms with Gasteiger partial charge >= 0.3 is 0 Å². The first-order valence-electron chi connectivity index (χ1n) is 8.18. The molecule has 0 bridgehead atoms. The van der Waals surface area contributed by atoms with Crippen LogP contribution in [-0.4, -0.2) is 31.1 Å². The molecule has 2 aromatic rings. The molecule has 130 valence electrons. The van der Waals surface area contributed by atoms with Gasteiger partial charge in [0.25, 0.3) is 11.8 Å². The molecule has 0 radical (unpaired) electrons. The maximum atomic E-state index is 12.2. The highest BCUT2D eigenvalue weighted by Gasteiger charge is 2.16. The Hall–Kier alpha value is -2.18. The lowest BCUT2D eigenvalue weighted by atomic mass is 10.1. The van der Waals surface area contributed by atoms with Crippen LogP contribution in [0.5, 0.6) is 0 Å². The largest absolute Gasteiger partial charge is 0.376 e. The molecule has 3 rings (SSSR count). The molecule has 1 atom stereocenters. The maximum Gasteiger partial charge on any atom is 0.255 e. The predicted molar refractivity (Wildman–Crippen MR) is 99.8 cm³/mol. The van der Waals surface area contributed by atoms with E-state index in [0.29, 0.717) is 23.4 Å². The number of ether oxygens (including phenoxy) is 1. The molecule has 0 spiro atoms. The lowest BCUT2D eigenvalue weighted by Crippen LogP contribution is -2.31. The Balaban J connectivity index is 1.56. The predicted octanol–water partition coefficient (Wildman–Crippen LogP) is 3.61. The standard InChI is InChI=1S/C19H19BrN2O3/c20-15-4-1-3-14(11-15)19(24)22-16-8-6-13(7-9-16)18(23)21-12-17-5-2-10-25-17/h1,3-4,6-9,11,17H,2,5,10,12H2,(H,21,23)(H,22,24)/t17-/m1/s1. The van der Waals surface area contributed by atoms with E-state index in [9.17, 15) is 9.59 Å². The molecule has 1 aliphatic heterocycles. The van der Waals surface area contributed by atoms with Crippen LogP contribution in [0.4, 0.5) is 5.69 Å². The van der Waals surface area contributed by atoms with E-state index in [0.717, 1.165) is 23.9 Å². The molecule has 6 heteroatoms. The first-order valence-corrected chi connectivity index (χ1v) is 8.98. The second-order valence-corrected chi connectivity index (χ2v) is 6.80. The minimum absolute atomic E-state index is 0.118. The molecule has 1 fully saturated rings. The number of hydrogen-bond acceptors (Lipinski definition) is 3. The molecular formula is C19H19BrN2O3. The average Bonchev–Trinajstić information content (AvgIpc) is 3.14. The van der Waals surface area contributed by atoms with Crippen LogP contribution in [0.25, 0.3) is 0 Å². The van der Waals surface area contributed by atoms with Crippen LogP contribution in [0.1, 0.15) is 33.6 Å². The van der Waals surface area contributed by atoms with E-state index in [1.54, 1.807) is 42.5 Å². The maximum absolute atomic E-state index is 12.2. The van der Waals surface area contributed by atoms with Crippen LogP contribution in [0.3, 0.4) is 0 Å². The smallest absolute Gasteiger partial charge is 0.255 e. The van der Waals surface area contributed by atoms with Crippen molar-refractivity contribution >= 4 is 33.4 Å². The number of carbonyl (C=O) groups is 2. The monoisotopic (exact) mass is 402 g/mol. The Labute approximate surface area is 154 Å². The van der Waals surface area contributed by atoms with E-state index in [2.05, 4.69) is 26.6 Å². The molecule has 0 unspecified atom stereocenters. The Morgan fingerprint density at radius 3 is 2.56 bits per heavy atom. The summed E-state index contributed by atoms with van der Waals surface area (Å²) in [6.45, 7) is 1.30. The van der Waals surface area contributed by atoms with Gasteiger partial charge in [0, 0.05) is 34.4 Å². The molecule has 5 nitrogen and oxygen atoms in total. The van der Waals surface area contributed by atoms with Crippen LogP contribution in [-0.2, 0) is 4.74 Å². The van der Waals surface area contributed by atoms with Crippen molar-refractivity contribution in [3.8, 4) is 0 Å². The van der Waals surface area contributed by atoms with Crippen molar-refractivity contribution in [1.82, 2.24) is 5.32 Å². The number of anilines is 1. The Kier molecular flexibility index (Phi) is 5.83. The molecule has 2 N–H and O–H groups in total. The van der Waals surface area contributed by atoms with E-state index in [1.807, 2.05) is 6.07 Å². The SMILES string of the molecule is O=C(NC[C@H]1CCCO1)c1ccc(NC(=O)c2cccc(Br)c2)cc1. The Bertz CT molecular complexity index is 756. The fraction of sp³-hybridized carbons (Fsp3) is 0.263.